The van der Waals surface area contributed by atoms with E-state index in [1.165, 1.54) is 41.3 Å². The van der Waals surface area contributed by atoms with E-state index in [1.54, 1.807) is 30.3 Å². The van der Waals surface area contributed by atoms with Crippen molar-refractivity contribution in [2.45, 2.75) is 0 Å². The average Bonchev–Trinajstić information content (AvgIpc) is 3.27. The van der Waals surface area contributed by atoms with E-state index in [9.17, 15) is 19.3 Å². The molecule has 2 heterocycles. The van der Waals surface area contributed by atoms with Gasteiger partial charge in [-0.05, 0) is 42.5 Å². The number of carbonyl (C=O) groups excluding carboxylic acids is 1. The van der Waals surface area contributed by atoms with Crippen LogP contribution in [0.5, 0.6) is 0 Å². The van der Waals surface area contributed by atoms with Crippen LogP contribution in [0.2, 0.25) is 0 Å². The summed E-state index contributed by atoms with van der Waals surface area (Å²) in [5.74, 6) is -0.0848. The molecule has 1 aliphatic heterocycles. The highest BCUT2D eigenvalue weighted by Gasteiger charge is 2.33. The largest absolute Gasteiger partial charge is 0.456 e. The Hall–Kier alpha value is -3.30. The highest BCUT2D eigenvalue weighted by molar-refractivity contribution is 8.27. The van der Waals surface area contributed by atoms with Gasteiger partial charge < -0.3 is 4.42 Å². The van der Waals surface area contributed by atoms with Gasteiger partial charge in [0.2, 0.25) is 0 Å². The second-order valence-corrected chi connectivity index (χ2v) is 7.65. The lowest BCUT2D eigenvalue weighted by Crippen LogP contribution is -2.27. The van der Waals surface area contributed by atoms with Crippen molar-refractivity contribution in [3.8, 4) is 11.3 Å². The minimum Gasteiger partial charge on any atom is -0.456 e. The van der Waals surface area contributed by atoms with Crippen molar-refractivity contribution >= 4 is 51.7 Å². The third-order valence-electron chi connectivity index (χ3n) is 4.14. The number of halogens is 1. The van der Waals surface area contributed by atoms with Crippen LogP contribution < -0.4 is 4.90 Å². The first-order valence-corrected chi connectivity index (χ1v) is 9.53. The van der Waals surface area contributed by atoms with Crippen LogP contribution in [0, 0.1) is 15.9 Å². The third-order valence-corrected chi connectivity index (χ3v) is 5.45. The van der Waals surface area contributed by atoms with E-state index in [0.717, 1.165) is 11.8 Å². The molecule has 0 spiro atoms. The van der Waals surface area contributed by atoms with Crippen molar-refractivity contribution in [3.05, 3.63) is 87.3 Å². The Morgan fingerprint density at radius 1 is 1.10 bits per heavy atom. The van der Waals surface area contributed by atoms with Crippen molar-refractivity contribution in [3.63, 3.8) is 0 Å². The molecule has 1 fully saturated rings. The number of thiocarbonyl (C=S) groups is 1. The van der Waals surface area contributed by atoms with Crippen LogP contribution in [0.1, 0.15) is 5.76 Å². The number of benzene rings is 2. The molecule has 3 aromatic rings. The fourth-order valence-corrected chi connectivity index (χ4v) is 4.11. The molecule has 29 heavy (non-hydrogen) atoms. The number of nitrogens with zero attached hydrogens (tertiary/aromatic N) is 2. The molecule has 0 radical (unpaired) electrons. The smallest absolute Gasteiger partial charge is 0.280 e. The van der Waals surface area contributed by atoms with E-state index in [-0.39, 0.29) is 11.6 Å². The quantitative estimate of drug-likeness (QED) is 0.241. The minimum atomic E-state index is -0.481. The number of thioether (sulfide) groups is 1. The maximum atomic E-state index is 13.1. The number of nitro benzene ring substituents is 1. The van der Waals surface area contributed by atoms with Gasteiger partial charge >= 0.3 is 0 Å². The Morgan fingerprint density at radius 3 is 2.55 bits per heavy atom. The summed E-state index contributed by atoms with van der Waals surface area (Å²) in [6.07, 6.45) is 1.53. The topological polar surface area (TPSA) is 76.6 Å². The SMILES string of the molecule is O=C1C(=Cc2ccc(-c3ccccc3[N+](=O)[O-])o2)SC(=S)N1c1ccc(F)cc1. The van der Waals surface area contributed by atoms with Gasteiger partial charge in [0.15, 0.2) is 4.32 Å². The van der Waals surface area contributed by atoms with E-state index in [0.29, 0.717) is 32.0 Å². The summed E-state index contributed by atoms with van der Waals surface area (Å²) >= 11 is 6.38. The summed E-state index contributed by atoms with van der Waals surface area (Å²) in [7, 11) is 0. The summed E-state index contributed by atoms with van der Waals surface area (Å²) < 4.78 is 19.2. The molecule has 0 unspecified atom stereocenters. The van der Waals surface area contributed by atoms with Gasteiger partial charge in [0, 0.05) is 12.1 Å². The summed E-state index contributed by atoms with van der Waals surface area (Å²) in [5, 5.41) is 11.2. The normalized spacial score (nSPS) is 15.3. The molecule has 9 heteroatoms. The van der Waals surface area contributed by atoms with Gasteiger partial charge in [-0.3, -0.25) is 19.8 Å². The zero-order valence-electron chi connectivity index (χ0n) is 14.6. The fraction of sp³-hybridized carbons (Fsp3) is 0. The number of rotatable bonds is 4. The van der Waals surface area contributed by atoms with Crippen molar-refractivity contribution in [2.75, 3.05) is 4.90 Å². The zero-order chi connectivity index (χ0) is 20.5. The molecule has 144 valence electrons. The van der Waals surface area contributed by atoms with Crippen molar-refractivity contribution < 1.29 is 18.5 Å². The molecule has 0 saturated carbocycles. The van der Waals surface area contributed by atoms with Gasteiger partial charge in [-0.1, -0.05) is 36.1 Å². The summed E-state index contributed by atoms with van der Waals surface area (Å²) in [6, 6.07) is 14.9. The number of amides is 1. The Bertz CT molecular complexity index is 1170. The number of para-hydroxylation sites is 1. The lowest BCUT2D eigenvalue weighted by molar-refractivity contribution is -0.384. The molecule has 1 saturated heterocycles. The van der Waals surface area contributed by atoms with Crippen LogP contribution in [-0.2, 0) is 4.79 Å². The van der Waals surface area contributed by atoms with Gasteiger partial charge in [0.25, 0.3) is 11.6 Å². The van der Waals surface area contributed by atoms with Gasteiger partial charge in [-0.15, -0.1) is 0 Å². The number of anilines is 1. The van der Waals surface area contributed by atoms with Gasteiger partial charge in [0.05, 0.1) is 21.1 Å². The Kier molecular flexibility index (Phi) is 4.99. The first-order valence-electron chi connectivity index (χ1n) is 8.31. The van der Waals surface area contributed by atoms with Crippen molar-refractivity contribution in [1.82, 2.24) is 0 Å². The highest BCUT2D eigenvalue weighted by Crippen LogP contribution is 2.37. The van der Waals surface area contributed by atoms with Crippen molar-refractivity contribution in [1.29, 1.82) is 0 Å². The molecule has 1 amide bonds. The number of furan rings is 1. The molecule has 0 atom stereocenters. The van der Waals surface area contributed by atoms with Crippen LogP contribution in [0.3, 0.4) is 0 Å². The number of hydrogen-bond donors (Lipinski definition) is 0. The number of carbonyl (C=O) groups is 1. The summed E-state index contributed by atoms with van der Waals surface area (Å²) in [6.45, 7) is 0. The lowest BCUT2D eigenvalue weighted by Gasteiger charge is -2.14. The first-order chi connectivity index (χ1) is 13.9. The summed E-state index contributed by atoms with van der Waals surface area (Å²) in [4.78, 5) is 25.1. The molecule has 0 aliphatic carbocycles. The highest BCUT2D eigenvalue weighted by atomic mass is 32.2. The second-order valence-electron chi connectivity index (χ2n) is 5.97. The van der Waals surface area contributed by atoms with E-state index < -0.39 is 10.7 Å². The predicted molar refractivity (Wildman–Crippen MR) is 113 cm³/mol. The lowest BCUT2D eigenvalue weighted by atomic mass is 10.1. The van der Waals surface area contributed by atoms with E-state index in [2.05, 4.69) is 0 Å². The van der Waals surface area contributed by atoms with Crippen molar-refractivity contribution in [2.24, 2.45) is 0 Å². The molecule has 4 rings (SSSR count). The fourth-order valence-electron chi connectivity index (χ4n) is 2.83. The van der Waals surface area contributed by atoms with E-state index in [1.807, 2.05) is 0 Å². The third kappa shape index (κ3) is 3.69. The maximum Gasteiger partial charge on any atom is 0.280 e. The predicted octanol–water partition coefficient (Wildman–Crippen LogP) is 5.40. The number of nitro groups is 1. The minimum absolute atomic E-state index is 0.0731. The molecule has 1 aromatic heterocycles. The molecular formula is C20H11FN2O4S2. The Labute approximate surface area is 173 Å². The first kappa shape index (κ1) is 19.0. The van der Waals surface area contributed by atoms with Gasteiger partial charge in [0.1, 0.15) is 17.3 Å². The second kappa shape index (κ2) is 7.61. The van der Waals surface area contributed by atoms with Crippen LogP contribution >= 0.6 is 24.0 Å². The van der Waals surface area contributed by atoms with Crippen LogP contribution in [0.4, 0.5) is 15.8 Å². The molecule has 1 aliphatic rings. The zero-order valence-corrected chi connectivity index (χ0v) is 16.2. The van der Waals surface area contributed by atoms with Gasteiger partial charge in [-0.2, -0.15) is 0 Å². The molecule has 6 nitrogen and oxygen atoms in total. The van der Waals surface area contributed by atoms with Crippen LogP contribution in [0.15, 0.2) is 70.0 Å². The molecule has 2 aromatic carbocycles. The molecule has 0 bridgehead atoms. The monoisotopic (exact) mass is 426 g/mol. The standard InChI is InChI=1S/C20H11FN2O4S2/c21-12-5-7-13(8-6-12)22-19(24)18(29-20(22)28)11-14-9-10-17(27-14)15-3-1-2-4-16(15)23(25)26/h1-11H. The summed E-state index contributed by atoms with van der Waals surface area (Å²) in [5.41, 5.74) is 0.740. The Morgan fingerprint density at radius 2 is 1.83 bits per heavy atom. The van der Waals surface area contributed by atoms with E-state index in [4.69, 9.17) is 16.6 Å². The van der Waals surface area contributed by atoms with Gasteiger partial charge in [-0.25, -0.2) is 4.39 Å². The molecular weight excluding hydrogens is 415 g/mol. The average molecular weight is 426 g/mol. The van der Waals surface area contributed by atoms with Crippen LogP contribution in [0.25, 0.3) is 17.4 Å². The number of hydrogen-bond acceptors (Lipinski definition) is 6. The maximum absolute atomic E-state index is 13.1. The molecule has 0 N–H and O–H groups in total. The van der Waals surface area contributed by atoms with Crippen LogP contribution in [-0.4, -0.2) is 15.2 Å². The Balaban J connectivity index is 1.63. The van der Waals surface area contributed by atoms with E-state index >= 15 is 0 Å².